The highest BCUT2D eigenvalue weighted by molar-refractivity contribution is 7.98. The molecule has 0 saturated carbocycles. The van der Waals surface area contributed by atoms with Gasteiger partial charge in [-0.2, -0.15) is 4.98 Å². The monoisotopic (exact) mass is 321 g/mol. The lowest BCUT2D eigenvalue weighted by molar-refractivity contribution is -0.129. The van der Waals surface area contributed by atoms with Crippen LogP contribution in [0.15, 0.2) is 5.16 Å². The molecule has 0 N–H and O–H groups in total. The van der Waals surface area contributed by atoms with Crippen molar-refractivity contribution in [1.29, 1.82) is 0 Å². The Labute approximate surface area is 135 Å². The van der Waals surface area contributed by atoms with E-state index in [9.17, 15) is 4.79 Å². The number of fused-ring (bicyclic) bond motifs is 1. The average molecular weight is 321 g/mol. The molecule has 2 rings (SSSR count). The Morgan fingerprint density at radius 1 is 1.32 bits per heavy atom. The lowest BCUT2D eigenvalue weighted by Gasteiger charge is -2.18. The Morgan fingerprint density at radius 2 is 2.05 bits per heavy atom. The van der Waals surface area contributed by atoms with Crippen molar-refractivity contribution in [3.05, 3.63) is 17.0 Å². The number of hydrogen-bond acceptors (Lipinski definition) is 5. The lowest BCUT2D eigenvalue weighted by Crippen LogP contribution is -2.30. The molecule has 0 aliphatic rings. The van der Waals surface area contributed by atoms with E-state index >= 15 is 0 Å². The van der Waals surface area contributed by atoms with E-state index in [4.69, 9.17) is 0 Å². The first-order chi connectivity index (χ1) is 10.5. The smallest absolute Gasteiger partial charge is 0.253 e. The zero-order chi connectivity index (χ0) is 16.3. The third-order valence-corrected chi connectivity index (χ3v) is 4.35. The van der Waals surface area contributed by atoms with Gasteiger partial charge in [0.15, 0.2) is 0 Å². The predicted molar refractivity (Wildman–Crippen MR) is 88.3 cm³/mol. The van der Waals surface area contributed by atoms with Crippen LogP contribution in [0.2, 0.25) is 0 Å². The molecular formula is C15H23N5OS. The molecule has 120 valence electrons. The highest BCUT2D eigenvalue weighted by Crippen LogP contribution is 2.17. The summed E-state index contributed by atoms with van der Waals surface area (Å²) in [6.07, 6.45) is 4.40. The van der Waals surface area contributed by atoms with Crippen molar-refractivity contribution < 1.29 is 4.79 Å². The van der Waals surface area contributed by atoms with E-state index < -0.39 is 0 Å². The van der Waals surface area contributed by atoms with Gasteiger partial charge in [0.05, 0.1) is 6.42 Å². The summed E-state index contributed by atoms with van der Waals surface area (Å²) < 4.78 is 1.73. The summed E-state index contributed by atoms with van der Waals surface area (Å²) in [5.74, 6) is 0.709. The number of rotatable bonds is 6. The Hall–Kier alpha value is -1.63. The number of likely N-dealkylation sites (N-methyl/N-ethyl adjacent to an activating group) is 1. The molecule has 0 spiro atoms. The summed E-state index contributed by atoms with van der Waals surface area (Å²) in [5, 5.41) is 5.11. The Morgan fingerprint density at radius 3 is 2.68 bits per heavy atom. The molecule has 7 heteroatoms. The first kappa shape index (κ1) is 16.7. The fraction of sp³-hybridized carbons (Fsp3) is 0.600. The molecule has 0 aliphatic carbocycles. The Bertz CT molecular complexity index is 682. The topological polar surface area (TPSA) is 63.4 Å². The van der Waals surface area contributed by atoms with Crippen molar-refractivity contribution in [2.24, 2.45) is 0 Å². The molecule has 1 amide bonds. The van der Waals surface area contributed by atoms with Crippen LogP contribution in [0.1, 0.15) is 36.7 Å². The van der Waals surface area contributed by atoms with Crippen LogP contribution in [-0.4, -0.2) is 50.2 Å². The zero-order valence-corrected chi connectivity index (χ0v) is 14.7. The maximum Gasteiger partial charge on any atom is 0.253 e. The Kier molecular flexibility index (Phi) is 5.39. The highest BCUT2D eigenvalue weighted by Gasteiger charge is 2.17. The minimum atomic E-state index is 0.117. The third-order valence-electron chi connectivity index (χ3n) is 3.81. The van der Waals surface area contributed by atoms with E-state index in [0.29, 0.717) is 17.4 Å². The number of thioether (sulfide) groups is 1. The molecule has 2 aromatic rings. The molecule has 22 heavy (non-hydrogen) atoms. The lowest BCUT2D eigenvalue weighted by atomic mass is 10.1. The van der Waals surface area contributed by atoms with Crippen LogP contribution >= 0.6 is 11.8 Å². The molecule has 0 atom stereocenters. The van der Waals surface area contributed by atoms with Crippen molar-refractivity contribution in [2.45, 2.75) is 45.2 Å². The first-order valence-corrected chi connectivity index (χ1v) is 8.71. The van der Waals surface area contributed by atoms with Crippen molar-refractivity contribution >= 4 is 23.4 Å². The minimum absolute atomic E-state index is 0.117. The summed E-state index contributed by atoms with van der Waals surface area (Å²) >= 11 is 1.48. The van der Waals surface area contributed by atoms with Gasteiger partial charge in [-0.05, 0) is 26.5 Å². The molecule has 0 fully saturated rings. The average Bonchev–Trinajstić information content (AvgIpc) is 2.91. The standard InChI is InChI=1S/C15H23N5OS/c1-6-7-8-19(4)13(21)9-12-10(2)16-14-17-15(22-5)18-20(14)11(12)3/h6-9H2,1-5H3. The van der Waals surface area contributed by atoms with E-state index in [2.05, 4.69) is 22.0 Å². The van der Waals surface area contributed by atoms with E-state index in [1.165, 1.54) is 11.8 Å². The van der Waals surface area contributed by atoms with Gasteiger partial charge in [-0.1, -0.05) is 25.1 Å². The van der Waals surface area contributed by atoms with E-state index in [1.807, 2.05) is 27.2 Å². The van der Waals surface area contributed by atoms with Crippen LogP contribution < -0.4 is 0 Å². The normalized spacial score (nSPS) is 11.1. The van der Waals surface area contributed by atoms with Crippen LogP contribution in [0, 0.1) is 13.8 Å². The van der Waals surface area contributed by atoms with Crippen LogP contribution in [0.25, 0.3) is 5.78 Å². The SMILES string of the molecule is CCCCN(C)C(=O)Cc1c(C)nc2nc(SC)nn2c1C. The van der Waals surface area contributed by atoms with Crippen molar-refractivity contribution in [1.82, 2.24) is 24.5 Å². The molecule has 0 bridgehead atoms. The number of aryl methyl sites for hydroxylation is 2. The second-order valence-electron chi connectivity index (χ2n) is 5.42. The van der Waals surface area contributed by atoms with Gasteiger partial charge >= 0.3 is 0 Å². The summed E-state index contributed by atoms with van der Waals surface area (Å²) in [7, 11) is 1.86. The van der Waals surface area contributed by atoms with Gasteiger partial charge in [0.1, 0.15) is 0 Å². The number of nitrogens with zero attached hydrogens (tertiary/aromatic N) is 5. The number of amides is 1. The van der Waals surface area contributed by atoms with E-state index in [1.54, 1.807) is 9.42 Å². The van der Waals surface area contributed by atoms with Gasteiger partial charge in [-0.15, -0.1) is 5.10 Å². The van der Waals surface area contributed by atoms with Crippen LogP contribution in [-0.2, 0) is 11.2 Å². The van der Waals surface area contributed by atoms with Gasteiger partial charge in [0, 0.05) is 30.5 Å². The van der Waals surface area contributed by atoms with Crippen molar-refractivity contribution in [2.75, 3.05) is 19.8 Å². The quantitative estimate of drug-likeness (QED) is 0.764. The molecule has 0 saturated heterocycles. The number of unbranched alkanes of at least 4 members (excludes halogenated alkanes) is 1. The van der Waals surface area contributed by atoms with E-state index in [0.717, 1.165) is 36.3 Å². The minimum Gasteiger partial charge on any atom is -0.345 e. The summed E-state index contributed by atoms with van der Waals surface area (Å²) in [6, 6.07) is 0. The van der Waals surface area contributed by atoms with Crippen LogP contribution in [0.3, 0.4) is 0 Å². The largest absolute Gasteiger partial charge is 0.345 e. The molecular weight excluding hydrogens is 298 g/mol. The van der Waals surface area contributed by atoms with Gasteiger partial charge in [-0.3, -0.25) is 4.79 Å². The molecule has 6 nitrogen and oxygen atoms in total. The maximum atomic E-state index is 12.4. The third kappa shape index (κ3) is 3.40. The summed E-state index contributed by atoms with van der Waals surface area (Å²) in [5.41, 5.74) is 2.73. The fourth-order valence-corrected chi connectivity index (χ4v) is 2.67. The maximum absolute atomic E-state index is 12.4. The van der Waals surface area contributed by atoms with Crippen molar-refractivity contribution in [3.8, 4) is 0 Å². The molecule has 0 aromatic carbocycles. The van der Waals surface area contributed by atoms with Gasteiger partial charge < -0.3 is 4.90 Å². The number of aromatic nitrogens is 4. The van der Waals surface area contributed by atoms with Gasteiger partial charge in [0.2, 0.25) is 11.1 Å². The fourth-order valence-electron chi connectivity index (χ4n) is 2.34. The Balaban J connectivity index is 2.29. The predicted octanol–water partition coefficient (Wildman–Crippen LogP) is 2.26. The number of hydrogen-bond donors (Lipinski definition) is 0. The number of carbonyl (C=O) groups excluding carboxylic acids is 1. The second-order valence-corrected chi connectivity index (χ2v) is 6.19. The summed E-state index contributed by atoms with van der Waals surface area (Å²) in [4.78, 5) is 23.0. The van der Waals surface area contributed by atoms with Crippen molar-refractivity contribution in [3.63, 3.8) is 0 Å². The van der Waals surface area contributed by atoms with Gasteiger partial charge in [-0.25, -0.2) is 9.50 Å². The van der Waals surface area contributed by atoms with Crippen LogP contribution in [0.4, 0.5) is 0 Å². The second kappa shape index (κ2) is 7.09. The molecule has 2 heterocycles. The van der Waals surface area contributed by atoms with Gasteiger partial charge in [0.25, 0.3) is 5.78 Å². The highest BCUT2D eigenvalue weighted by atomic mass is 32.2. The summed E-state index contributed by atoms with van der Waals surface area (Å²) in [6.45, 7) is 6.81. The molecule has 0 aliphatic heterocycles. The molecule has 2 aromatic heterocycles. The zero-order valence-electron chi connectivity index (χ0n) is 13.9. The molecule has 0 radical (unpaired) electrons. The first-order valence-electron chi connectivity index (χ1n) is 7.48. The molecule has 0 unspecified atom stereocenters. The van der Waals surface area contributed by atoms with Crippen LogP contribution in [0.5, 0.6) is 0 Å². The van der Waals surface area contributed by atoms with E-state index in [-0.39, 0.29) is 5.91 Å². The number of carbonyl (C=O) groups is 1.